The molecule has 0 aromatic heterocycles. The molecular formula is C13H11FI2N2. The van der Waals surface area contributed by atoms with Crippen molar-refractivity contribution in [2.45, 2.75) is 6.92 Å². The molecule has 2 rings (SSSR count). The highest BCUT2D eigenvalue weighted by Crippen LogP contribution is 2.29. The Bertz CT molecular complexity index is 600. The lowest BCUT2D eigenvalue weighted by atomic mass is 10.2. The van der Waals surface area contributed by atoms with Crippen molar-refractivity contribution in [3.63, 3.8) is 0 Å². The van der Waals surface area contributed by atoms with Crippen molar-refractivity contribution in [3.05, 3.63) is 48.9 Å². The van der Waals surface area contributed by atoms with Crippen LogP contribution in [0.15, 0.2) is 30.3 Å². The van der Waals surface area contributed by atoms with Crippen LogP contribution in [0.1, 0.15) is 5.56 Å². The van der Waals surface area contributed by atoms with Crippen molar-refractivity contribution >= 4 is 62.2 Å². The highest BCUT2D eigenvalue weighted by atomic mass is 127. The highest BCUT2D eigenvalue weighted by Gasteiger charge is 2.08. The average Bonchev–Trinajstić information content (AvgIpc) is 2.32. The van der Waals surface area contributed by atoms with Crippen LogP contribution in [-0.2, 0) is 0 Å². The van der Waals surface area contributed by atoms with Crippen molar-refractivity contribution in [1.82, 2.24) is 0 Å². The minimum absolute atomic E-state index is 0.268. The minimum Gasteiger partial charge on any atom is -0.397 e. The standard InChI is InChI=1S/C13H11FI2N2/c1-7-9(15)3-2-4-12(7)18-13-5-8(14)10(16)6-11(13)17/h2-6,18H,17H2,1H3. The smallest absolute Gasteiger partial charge is 0.138 e. The summed E-state index contributed by atoms with van der Waals surface area (Å²) in [5, 5.41) is 3.18. The number of rotatable bonds is 2. The zero-order valence-electron chi connectivity index (χ0n) is 9.60. The van der Waals surface area contributed by atoms with Crippen molar-refractivity contribution < 1.29 is 4.39 Å². The Morgan fingerprint density at radius 1 is 1.11 bits per heavy atom. The second-order valence-electron chi connectivity index (χ2n) is 3.89. The Hall–Kier alpha value is -0.570. The second kappa shape index (κ2) is 5.60. The van der Waals surface area contributed by atoms with Gasteiger partial charge in [0.05, 0.1) is 14.9 Å². The molecular weight excluding hydrogens is 457 g/mol. The summed E-state index contributed by atoms with van der Waals surface area (Å²) >= 11 is 4.19. The van der Waals surface area contributed by atoms with Crippen molar-refractivity contribution in [3.8, 4) is 0 Å². The Morgan fingerprint density at radius 3 is 2.56 bits per heavy atom. The van der Waals surface area contributed by atoms with Gasteiger partial charge >= 0.3 is 0 Å². The van der Waals surface area contributed by atoms with Gasteiger partial charge in [0, 0.05) is 15.3 Å². The maximum absolute atomic E-state index is 13.5. The zero-order chi connectivity index (χ0) is 13.3. The minimum atomic E-state index is -0.268. The van der Waals surface area contributed by atoms with Crippen LogP contribution in [0.25, 0.3) is 0 Å². The number of benzene rings is 2. The molecule has 0 saturated carbocycles. The van der Waals surface area contributed by atoms with Crippen molar-refractivity contribution in [1.29, 1.82) is 0 Å². The molecule has 2 aromatic rings. The predicted octanol–water partition coefficient (Wildman–Crippen LogP) is 4.67. The van der Waals surface area contributed by atoms with Gasteiger partial charge in [0.1, 0.15) is 5.82 Å². The Morgan fingerprint density at radius 2 is 1.83 bits per heavy atom. The van der Waals surface area contributed by atoms with Crippen molar-refractivity contribution in [2.24, 2.45) is 0 Å². The number of hydrogen-bond acceptors (Lipinski definition) is 2. The van der Waals surface area contributed by atoms with E-state index in [0.29, 0.717) is 14.9 Å². The first-order valence-electron chi connectivity index (χ1n) is 5.25. The van der Waals surface area contributed by atoms with Gasteiger partial charge in [-0.25, -0.2) is 4.39 Å². The summed E-state index contributed by atoms with van der Waals surface area (Å²) in [7, 11) is 0. The molecule has 0 fully saturated rings. The number of nitrogen functional groups attached to an aromatic ring is 1. The highest BCUT2D eigenvalue weighted by molar-refractivity contribution is 14.1. The van der Waals surface area contributed by atoms with E-state index >= 15 is 0 Å². The predicted molar refractivity (Wildman–Crippen MR) is 90.7 cm³/mol. The molecule has 0 aliphatic rings. The van der Waals surface area contributed by atoms with Crippen LogP contribution >= 0.6 is 45.2 Å². The molecule has 0 aliphatic carbocycles. The number of nitrogens with two attached hydrogens (primary N) is 1. The molecule has 0 heterocycles. The third kappa shape index (κ3) is 2.87. The molecule has 3 N–H and O–H groups in total. The fourth-order valence-corrected chi connectivity index (χ4v) is 2.55. The van der Waals surface area contributed by atoms with Crippen LogP contribution in [0.3, 0.4) is 0 Å². The van der Waals surface area contributed by atoms with Gasteiger partial charge < -0.3 is 11.1 Å². The lowest BCUT2D eigenvalue weighted by molar-refractivity contribution is 0.621. The Balaban J connectivity index is 2.40. The summed E-state index contributed by atoms with van der Waals surface area (Å²) in [6, 6.07) is 8.99. The van der Waals surface area contributed by atoms with E-state index < -0.39 is 0 Å². The molecule has 0 bridgehead atoms. The molecule has 0 radical (unpaired) electrons. The first-order valence-corrected chi connectivity index (χ1v) is 7.41. The van der Waals surface area contributed by atoms with Crippen LogP contribution in [0.4, 0.5) is 21.5 Å². The first-order chi connectivity index (χ1) is 8.49. The lowest BCUT2D eigenvalue weighted by Gasteiger charge is -2.13. The molecule has 94 valence electrons. The molecule has 18 heavy (non-hydrogen) atoms. The maximum atomic E-state index is 13.5. The van der Waals surface area contributed by atoms with Crippen LogP contribution in [-0.4, -0.2) is 0 Å². The number of anilines is 3. The van der Waals surface area contributed by atoms with Gasteiger partial charge in [-0.05, 0) is 75.9 Å². The fraction of sp³-hybridized carbons (Fsp3) is 0.0769. The monoisotopic (exact) mass is 468 g/mol. The van der Waals surface area contributed by atoms with Crippen LogP contribution in [0.5, 0.6) is 0 Å². The van der Waals surface area contributed by atoms with Crippen LogP contribution in [0, 0.1) is 19.9 Å². The normalized spacial score (nSPS) is 10.4. The second-order valence-corrected chi connectivity index (χ2v) is 6.22. The molecule has 2 aromatic carbocycles. The number of hydrogen-bond donors (Lipinski definition) is 2. The summed E-state index contributed by atoms with van der Waals surface area (Å²) < 4.78 is 15.2. The third-order valence-corrected chi connectivity index (χ3v) is 4.62. The summed E-state index contributed by atoms with van der Waals surface area (Å²) in [4.78, 5) is 0. The molecule has 5 heteroatoms. The van der Waals surface area contributed by atoms with Gasteiger partial charge in [-0.3, -0.25) is 0 Å². The van der Waals surface area contributed by atoms with Gasteiger partial charge in [-0.1, -0.05) is 6.07 Å². The Labute approximate surface area is 132 Å². The van der Waals surface area contributed by atoms with E-state index in [2.05, 4.69) is 27.9 Å². The van der Waals surface area contributed by atoms with E-state index in [1.807, 2.05) is 47.7 Å². The zero-order valence-corrected chi connectivity index (χ0v) is 13.9. The van der Waals surface area contributed by atoms with E-state index in [1.54, 1.807) is 6.07 Å². The summed E-state index contributed by atoms with van der Waals surface area (Å²) in [6.07, 6.45) is 0. The van der Waals surface area contributed by atoms with Gasteiger partial charge in [-0.15, -0.1) is 0 Å². The summed E-state index contributed by atoms with van der Waals surface area (Å²) in [5.74, 6) is -0.268. The topological polar surface area (TPSA) is 38.0 Å². The van der Waals surface area contributed by atoms with Crippen LogP contribution in [0.2, 0.25) is 0 Å². The van der Waals surface area contributed by atoms with Gasteiger partial charge in [0.25, 0.3) is 0 Å². The van der Waals surface area contributed by atoms with E-state index in [1.165, 1.54) is 6.07 Å². The fourth-order valence-electron chi connectivity index (χ4n) is 1.56. The quantitative estimate of drug-likeness (QED) is 0.497. The van der Waals surface area contributed by atoms with E-state index in [-0.39, 0.29) is 5.82 Å². The van der Waals surface area contributed by atoms with E-state index in [0.717, 1.165) is 14.8 Å². The number of halogens is 3. The average molecular weight is 468 g/mol. The Kier molecular flexibility index (Phi) is 4.31. The molecule has 0 atom stereocenters. The van der Waals surface area contributed by atoms with E-state index in [4.69, 9.17) is 5.73 Å². The number of nitrogens with one attached hydrogen (secondary N) is 1. The summed E-state index contributed by atoms with van der Waals surface area (Å²) in [5.41, 5.74) is 9.09. The maximum Gasteiger partial charge on any atom is 0.138 e. The van der Waals surface area contributed by atoms with Crippen molar-refractivity contribution in [2.75, 3.05) is 11.1 Å². The van der Waals surface area contributed by atoms with Gasteiger partial charge in [0.2, 0.25) is 0 Å². The van der Waals surface area contributed by atoms with Crippen LogP contribution < -0.4 is 11.1 Å². The molecule has 0 amide bonds. The lowest BCUT2D eigenvalue weighted by Crippen LogP contribution is -2.00. The largest absolute Gasteiger partial charge is 0.397 e. The molecule has 0 aliphatic heterocycles. The SMILES string of the molecule is Cc1c(I)cccc1Nc1cc(F)c(I)cc1N. The molecule has 0 unspecified atom stereocenters. The summed E-state index contributed by atoms with van der Waals surface area (Å²) in [6.45, 7) is 2.02. The first kappa shape index (κ1) is 13.9. The molecule has 2 nitrogen and oxygen atoms in total. The van der Waals surface area contributed by atoms with Gasteiger partial charge in [-0.2, -0.15) is 0 Å². The van der Waals surface area contributed by atoms with Gasteiger partial charge in [0.15, 0.2) is 0 Å². The van der Waals surface area contributed by atoms with E-state index in [9.17, 15) is 4.39 Å². The third-order valence-electron chi connectivity index (χ3n) is 2.63. The molecule has 0 saturated heterocycles. The molecule has 0 spiro atoms.